The largest absolute Gasteiger partial charge is 0.416 e. The summed E-state index contributed by atoms with van der Waals surface area (Å²) >= 11 is 0.0655. The lowest BCUT2D eigenvalue weighted by atomic mass is 9.99. The number of alkyl halides is 3. The smallest absolute Gasteiger partial charge is 0.384 e. The van der Waals surface area contributed by atoms with Gasteiger partial charge >= 0.3 is 6.18 Å². The molecule has 6 nitrogen and oxygen atoms in total. The molecule has 1 atom stereocenters. The number of amides is 1. The Kier molecular flexibility index (Phi) is 8.18. The fourth-order valence-corrected chi connectivity index (χ4v) is 6.66. The summed E-state index contributed by atoms with van der Waals surface area (Å²) in [7, 11) is 0.987. The molecule has 4 aromatic carbocycles. The van der Waals surface area contributed by atoms with Crippen molar-refractivity contribution in [3.8, 4) is 11.1 Å². The summed E-state index contributed by atoms with van der Waals surface area (Å²) in [5, 5.41) is 10.9. The molecule has 0 radical (unpaired) electrons. The number of nitrogens with zero attached hydrogens (tertiary/aromatic N) is 3. The van der Waals surface area contributed by atoms with Crippen molar-refractivity contribution in [1.82, 2.24) is 9.80 Å². The van der Waals surface area contributed by atoms with Crippen LogP contribution in [0.5, 0.6) is 0 Å². The Morgan fingerprint density at radius 3 is 2.38 bits per heavy atom. The molecule has 280 valence electrons. The molecule has 2 aliphatic rings. The van der Waals surface area contributed by atoms with Crippen LogP contribution in [0.2, 0.25) is 0 Å². The number of rotatable bonds is 12. The third-order valence-electron chi connectivity index (χ3n) is 8.58. The number of fused-ring (bicyclic) bond motifs is 1. The number of aliphatic hydroxyl groups is 1. The molecule has 53 heavy (non-hydrogen) atoms. The minimum Gasteiger partial charge on any atom is -0.384 e. The Hall–Kier alpha value is -4.23. The molecule has 4 aromatic rings. The highest BCUT2D eigenvalue weighted by Crippen LogP contribution is 2.41. The van der Waals surface area contributed by atoms with Crippen molar-refractivity contribution in [3.05, 3.63) is 135 Å². The summed E-state index contributed by atoms with van der Waals surface area (Å²) in [6.07, 6.45) is -6.96. The van der Waals surface area contributed by atoms with E-state index in [0.29, 0.717) is 11.1 Å². The summed E-state index contributed by atoms with van der Waals surface area (Å²) in [6.45, 7) is -8.49. The van der Waals surface area contributed by atoms with Crippen LogP contribution in [-0.4, -0.2) is 66.7 Å². The van der Waals surface area contributed by atoms with Crippen LogP contribution in [0, 0.1) is 18.6 Å². The number of piperidine rings is 1. The number of thioether (sulfide) groups is 1. The van der Waals surface area contributed by atoms with Crippen LogP contribution >= 0.6 is 11.8 Å². The van der Waals surface area contributed by atoms with Crippen molar-refractivity contribution in [3.63, 3.8) is 0 Å². The van der Waals surface area contributed by atoms with Gasteiger partial charge in [0, 0.05) is 67.2 Å². The van der Waals surface area contributed by atoms with Gasteiger partial charge in [0.05, 0.1) is 28.1 Å². The first-order valence-electron chi connectivity index (χ1n) is 22.4. The normalized spacial score (nSPS) is 21.3. The van der Waals surface area contributed by atoms with E-state index in [1.54, 1.807) is 0 Å². The van der Waals surface area contributed by atoms with Gasteiger partial charge in [0.1, 0.15) is 12.6 Å². The molecular formula is C41H42F5N3O3S. The van der Waals surface area contributed by atoms with Crippen LogP contribution in [0.1, 0.15) is 63.2 Å². The Morgan fingerprint density at radius 1 is 1.04 bits per heavy atom. The van der Waals surface area contributed by atoms with Crippen molar-refractivity contribution in [2.45, 2.75) is 50.3 Å². The Labute approximate surface area is 327 Å². The lowest BCUT2D eigenvalue weighted by molar-refractivity contribution is -0.137. The first-order valence-corrected chi connectivity index (χ1v) is 17.2. The van der Waals surface area contributed by atoms with Gasteiger partial charge in [-0.15, -0.1) is 11.8 Å². The van der Waals surface area contributed by atoms with Crippen LogP contribution < -0.4 is 4.90 Å². The number of carbonyl (C=O) groups is 1. The SMILES string of the molecule is [2H]C1=C(SC([2H])([2H])c2cccc(F)c2F)N(CC(=O)N(C2CCN(C([2H])([2H])C([2H])([2H])OC)CC2)C([2H])([2H])c2ccc(-c3ccc(C(F)(F)F)cc3)cc2)c2c([2H])c([2H])c(C)c([2H])c2C1O. The van der Waals surface area contributed by atoms with Crippen LogP contribution in [0.3, 0.4) is 0 Å². The highest BCUT2D eigenvalue weighted by atomic mass is 32.2. The average molecular weight is 764 g/mol. The zero-order valence-corrected chi connectivity index (χ0v) is 29.3. The molecule has 1 fully saturated rings. The molecule has 0 bridgehead atoms. The predicted molar refractivity (Wildman–Crippen MR) is 198 cm³/mol. The molecule has 1 N–H and O–H groups in total. The standard InChI is InChI=1S/C41H42F5N3O3S/c1-27-6-15-36-34(22-27)37(50)23-39(53-26-31-4-3-5-35(42)40(31)43)49(36)25-38(51)48(33-16-18-47(19-17-33)20-21-52-2)24-28-7-9-29(10-8-28)30-11-13-32(14-12-30)41(44,45)46/h3-15,22-23,33,37,50H,16-21,24-26H2,1-2H3/i6D,15D,20D2,21D2,22D,23D,24D2,26D2. The van der Waals surface area contributed by atoms with Crippen molar-refractivity contribution in [2.24, 2.45) is 0 Å². The molecule has 12 heteroatoms. The van der Waals surface area contributed by atoms with Gasteiger partial charge in [-0.3, -0.25) is 4.79 Å². The molecule has 1 unspecified atom stereocenters. The second-order valence-corrected chi connectivity index (χ2v) is 13.0. The van der Waals surface area contributed by atoms with Crippen molar-refractivity contribution in [2.75, 3.05) is 44.7 Å². The molecule has 0 spiro atoms. The van der Waals surface area contributed by atoms with E-state index in [1.165, 1.54) is 43.3 Å². The maximum atomic E-state index is 15.1. The van der Waals surface area contributed by atoms with E-state index in [9.17, 15) is 25.4 Å². The van der Waals surface area contributed by atoms with E-state index in [4.69, 9.17) is 18.4 Å². The summed E-state index contributed by atoms with van der Waals surface area (Å²) in [5.74, 6) is -4.09. The van der Waals surface area contributed by atoms with Gasteiger partial charge in [0.15, 0.2) is 11.6 Å². The quantitative estimate of drug-likeness (QED) is 0.146. The number of halogens is 5. The van der Waals surface area contributed by atoms with Gasteiger partial charge in [0.25, 0.3) is 0 Å². The number of hydrogen-bond acceptors (Lipinski definition) is 6. The van der Waals surface area contributed by atoms with Crippen LogP contribution in [0.25, 0.3) is 11.1 Å². The van der Waals surface area contributed by atoms with Crippen LogP contribution in [0.15, 0.2) is 95.9 Å². The topological polar surface area (TPSA) is 56.3 Å². The lowest BCUT2D eigenvalue weighted by Gasteiger charge is -2.40. The highest BCUT2D eigenvalue weighted by molar-refractivity contribution is 8.02. The van der Waals surface area contributed by atoms with Gasteiger partial charge in [-0.05, 0) is 66.7 Å². The molecule has 0 aromatic heterocycles. The second-order valence-electron chi connectivity index (χ2n) is 12.2. The third-order valence-corrected chi connectivity index (χ3v) is 9.43. The summed E-state index contributed by atoms with van der Waals surface area (Å²) in [4.78, 5) is 17.9. The average Bonchev–Trinajstić information content (AvgIpc) is 3.25. The van der Waals surface area contributed by atoms with Gasteiger partial charge in [-0.1, -0.05) is 66.2 Å². The van der Waals surface area contributed by atoms with E-state index < -0.39 is 119 Å². The molecule has 1 saturated heterocycles. The van der Waals surface area contributed by atoms with E-state index >= 15 is 9.18 Å². The summed E-state index contributed by atoms with van der Waals surface area (Å²) in [5.41, 5.74) is -5.03. The number of hydrogen-bond donors (Lipinski definition) is 1. The molecule has 2 aliphatic heterocycles. The molecule has 0 aliphatic carbocycles. The highest BCUT2D eigenvalue weighted by Gasteiger charge is 2.33. The van der Waals surface area contributed by atoms with Crippen LogP contribution in [-0.2, 0) is 27.9 Å². The van der Waals surface area contributed by atoms with Gasteiger partial charge < -0.3 is 24.5 Å². The predicted octanol–water partition coefficient (Wildman–Crippen LogP) is 8.73. The first-order chi connectivity index (χ1) is 30.1. The minimum atomic E-state index is -4.59. The van der Waals surface area contributed by atoms with E-state index in [-0.39, 0.29) is 48.8 Å². The number of carbonyl (C=O) groups excluding carboxylic acids is 1. The number of benzene rings is 4. The van der Waals surface area contributed by atoms with Crippen molar-refractivity contribution in [1.29, 1.82) is 0 Å². The Balaban J connectivity index is 1.46. The number of likely N-dealkylation sites (tertiary alicyclic amines) is 1. The maximum Gasteiger partial charge on any atom is 0.416 e. The summed E-state index contributed by atoms with van der Waals surface area (Å²) < 4.78 is 179. The third kappa shape index (κ3) is 9.29. The van der Waals surface area contributed by atoms with Crippen molar-refractivity contribution < 1.29 is 53.0 Å². The van der Waals surface area contributed by atoms with Gasteiger partial charge in [0.2, 0.25) is 5.91 Å². The fraction of sp³-hybridized carbons (Fsp3) is 0.341. The Bertz CT molecular complexity index is 2490. The molecule has 1 amide bonds. The zero-order chi connectivity index (χ0) is 48.4. The Morgan fingerprint density at radius 2 is 1.72 bits per heavy atom. The molecule has 2 heterocycles. The van der Waals surface area contributed by atoms with Gasteiger partial charge in [-0.2, -0.15) is 13.2 Å². The molecule has 6 rings (SSSR count). The second kappa shape index (κ2) is 16.8. The van der Waals surface area contributed by atoms with Crippen LogP contribution in [0.4, 0.5) is 27.6 Å². The maximum absolute atomic E-state index is 15.1. The number of aliphatic hydroxyl groups excluding tert-OH is 1. The zero-order valence-electron chi connectivity index (χ0n) is 40.4. The summed E-state index contributed by atoms with van der Waals surface area (Å²) in [6, 6.07) is 8.78. The monoisotopic (exact) mass is 763 g/mol. The van der Waals surface area contributed by atoms with E-state index in [1.807, 2.05) is 0 Å². The van der Waals surface area contributed by atoms with Crippen molar-refractivity contribution >= 4 is 23.4 Å². The molecular weight excluding hydrogens is 710 g/mol. The minimum absolute atomic E-state index is 0.0655. The number of ether oxygens (including phenoxy) is 1. The number of methoxy groups -OCH3 is 1. The number of anilines is 1. The van der Waals surface area contributed by atoms with E-state index in [0.717, 1.165) is 52.1 Å². The molecule has 0 saturated carbocycles. The lowest BCUT2D eigenvalue weighted by Crippen LogP contribution is -2.50. The van der Waals surface area contributed by atoms with E-state index in [2.05, 4.69) is 0 Å². The first kappa shape index (κ1) is 25.7. The fourth-order valence-electron chi connectivity index (χ4n) is 5.86. The van der Waals surface area contributed by atoms with Gasteiger partial charge in [-0.25, -0.2) is 8.78 Å².